The monoisotopic (exact) mass is 217 g/mol. The minimum absolute atomic E-state index is 0.310. The number of carbonyl (C=O) groups excluding carboxylic acids is 1. The lowest BCUT2D eigenvalue weighted by atomic mass is 10.3. The quantitative estimate of drug-likeness (QED) is 0.465. The summed E-state index contributed by atoms with van der Waals surface area (Å²) < 4.78 is 4.31. The van der Waals surface area contributed by atoms with Crippen molar-refractivity contribution in [2.24, 2.45) is 0 Å². The van der Waals surface area contributed by atoms with Crippen LogP contribution >= 0.6 is 11.6 Å². The minimum Gasteiger partial charge on any atom is -0.504 e. The molecule has 0 aromatic heterocycles. The van der Waals surface area contributed by atoms with Crippen molar-refractivity contribution < 1.29 is 19.6 Å². The third-order valence-corrected chi connectivity index (χ3v) is 1.42. The summed E-state index contributed by atoms with van der Waals surface area (Å²) in [6, 6.07) is 3.00. The molecule has 6 nitrogen and oxygen atoms in total. The Bertz CT molecular complexity index is 392. The Labute approximate surface area is 82.8 Å². The highest BCUT2D eigenvalue weighted by Crippen LogP contribution is 2.30. The number of benzene rings is 1. The lowest BCUT2D eigenvalue weighted by molar-refractivity contribution is -0.384. The summed E-state index contributed by atoms with van der Waals surface area (Å²) >= 11 is 4.87. The van der Waals surface area contributed by atoms with Gasteiger partial charge in [0, 0.05) is 17.7 Å². The van der Waals surface area contributed by atoms with Crippen LogP contribution in [-0.2, 0) is 0 Å². The second-order valence-corrected chi connectivity index (χ2v) is 2.56. The summed E-state index contributed by atoms with van der Waals surface area (Å²) in [7, 11) is 0. The molecule has 0 heterocycles. The summed E-state index contributed by atoms with van der Waals surface area (Å²) in [6.07, 6.45) is 0. The van der Waals surface area contributed by atoms with E-state index in [9.17, 15) is 14.9 Å². The van der Waals surface area contributed by atoms with Crippen LogP contribution in [0, 0.1) is 10.1 Å². The molecule has 74 valence electrons. The van der Waals surface area contributed by atoms with Gasteiger partial charge in [-0.15, -0.1) is 0 Å². The van der Waals surface area contributed by atoms with Gasteiger partial charge in [0.05, 0.1) is 11.0 Å². The normalized spacial score (nSPS) is 9.50. The van der Waals surface area contributed by atoms with Gasteiger partial charge in [-0.05, 0) is 6.07 Å². The van der Waals surface area contributed by atoms with Gasteiger partial charge in [-0.2, -0.15) is 0 Å². The lowest BCUT2D eigenvalue weighted by Crippen LogP contribution is -1.97. The summed E-state index contributed by atoms with van der Waals surface area (Å²) in [5, 5.41) is 19.4. The van der Waals surface area contributed by atoms with Crippen LogP contribution in [0.2, 0.25) is 0 Å². The molecule has 0 unspecified atom stereocenters. The molecule has 0 amide bonds. The summed E-state index contributed by atoms with van der Waals surface area (Å²) in [5.41, 5.74) is -1.49. The van der Waals surface area contributed by atoms with Crippen molar-refractivity contribution in [3.05, 3.63) is 28.3 Å². The molecule has 0 aliphatic heterocycles. The number of phenolic OH excluding ortho intramolecular Hbond substituents is 1. The Morgan fingerprint density at radius 1 is 1.57 bits per heavy atom. The number of halogens is 1. The average molecular weight is 218 g/mol. The van der Waals surface area contributed by atoms with E-state index in [2.05, 4.69) is 4.74 Å². The topological polar surface area (TPSA) is 89.7 Å². The minimum atomic E-state index is -1.18. The first-order valence-electron chi connectivity index (χ1n) is 3.35. The number of hydrogen-bond acceptors (Lipinski definition) is 5. The number of phenols is 1. The Hall–Kier alpha value is -1.82. The molecule has 0 fully saturated rings. The van der Waals surface area contributed by atoms with Gasteiger partial charge >= 0.3 is 5.43 Å². The summed E-state index contributed by atoms with van der Waals surface area (Å²) in [4.78, 5) is 19.9. The van der Waals surface area contributed by atoms with Gasteiger partial charge in [-0.25, -0.2) is 4.79 Å². The first-order chi connectivity index (χ1) is 6.50. The van der Waals surface area contributed by atoms with E-state index in [1.54, 1.807) is 0 Å². The van der Waals surface area contributed by atoms with Crippen LogP contribution < -0.4 is 4.74 Å². The van der Waals surface area contributed by atoms with E-state index >= 15 is 0 Å². The summed E-state index contributed by atoms with van der Waals surface area (Å²) in [5.74, 6) is -0.746. The maximum atomic E-state index is 10.3. The predicted octanol–water partition coefficient (Wildman–Crippen LogP) is 2.04. The van der Waals surface area contributed by atoms with E-state index in [1.165, 1.54) is 0 Å². The van der Waals surface area contributed by atoms with Gasteiger partial charge in [-0.3, -0.25) is 10.1 Å². The van der Waals surface area contributed by atoms with E-state index in [4.69, 9.17) is 16.7 Å². The maximum Gasteiger partial charge on any atom is 0.409 e. The van der Waals surface area contributed by atoms with E-state index in [0.29, 0.717) is 0 Å². The van der Waals surface area contributed by atoms with Crippen LogP contribution in [0.25, 0.3) is 0 Å². The van der Waals surface area contributed by atoms with Crippen molar-refractivity contribution in [3.8, 4) is 11.5 Å². The number of nitrogens with zero attached hydrogens (tertiary/aromatic N) is 1. The van der Waals surface area contributed by atoms with Gasteiger partial charge in [0.25, 0.3) is 5.69 Å². The van der Waals surface area contributed by atoms with Crippen molar-refractivity contribution in [3.63, 3.8) is 0 Å². The molecule has 1 rings (SSSR count). The number of hydrogen-bond donors (Lipinski definition) is 1. The Morgan fingerprint density at radius 3 is 2.71 bits per heavy atom. The Morgan fingerprint density at radius 2 is 2.21 bits per heavy atom. The third kappa shape index (κ3) is 2.33. The maximum absolute atomic E-state index is 10.3. The van der Waals surface area contributed by atoms with Crippen molar-refractivity contribution in [2.75, 3.05) is 0 Å². The first kappa shape index (κ1) is 10.3. The molecule has 0 spiro atoms. The van der Waals surface area contributed by atoms with Crippen LogP contribution in [0.3, 0.4) is 0 Å². The van der Waals surface area contributed by atoms with Crippen molar-refractivity contribution in [1.29, 1.82) is 0 Å². The second kappa shape index (κ2) is 3.93. The second-order valence-electron chi connectivity index (χ2n) is 2.25. The Kier molecular flexibility index (Phi) is 2.88. The fourth-order valence-electron chi connectivity index (χ4n) is 0.785. The molecule has 0 radical (unpaired) electrons. The molecular weight excluding hydrogens is 214 g/mol. The molecule has 0 atom stereocenters. The number of ether oxygens (including phenoxy) is 1. The molecule has 14 heavy (non-hydrogen) atoms. The molecule has 1 N–H and O–H groups in total. The van der Waals surface area contributed by atoms with E-state index in [1.807, 2.05) is 0 Å². The van der Waals surface area contributed by atoms with E-state index in [0.717, 1.165) is 18.2 Å². The van der Waals surface area contributed by atoms with Gasteiger partial charge in [0.2, 0.25) is 0 Å². The molecule has 0 saturated carbocycles. The van der Waals surface area contributed by atoms with Gasteiger partial charge in [0.15, 0.2) is 11.5 Å². The number of nitro groups is 1. The van der Waals surface area contributed by atoms with Crippen LogP contribution in [-0.4, -0.2) is 15.5 Å². The molecule has 0 aliphatic rings. The zero-order chi connectivity index (χ0) is 10.7. The van der Waals surface area contributed by atoms with Crippen molar-refractivity contribution in [1.82, 2.24) is 0 Å². The lowest BCUT2D eigenvalue weighted by Gasteiger charge is -2.01. The largest absolute Gasteiger partial charge is 0.504 e. The Balaban J connectivity index is 3.08. The number of nitro benzene ring substituents is 1. The average Bonchev–Trinajstić information content (AvgIpc) is 2.07. The molecule has 7 heteroatoms. The molecule has 1 aromatic carbocycles. The highest BCUT2D eigenvalue weighted by Gasteiger charge is 2.13. The zero-order valence-corrected chi connectivity index (χ0v) is 7.39. The standard InChI is InChI=1S/C7H4ClNO5/c8-7(11)14-6-3-4(9(12)13)1-2-5(6)10/h1-3,10H. The zero-order valence-electron chi connectivity index (χ0n) is 6.64. The van der Waals surface area contributed by atoms with Gasteiger partial charge in [-0.1, -0.05) is 0 Å². The predicted molar refractivity (Wildman–Crippen MR) is 46.6 cm³/mol. The first-order valence-corrected chi connectivity index (χ1v) is 3.73. The van der Waals surface area contributed by atoms with Crippen LogP contribution in [0.1, 0.15) is 0 Å². The smallest absolute Gasteiger partial charge is 0.409 e. The highest BCUT2D eigenvalue weighted by atomic mass is 35.5. The van der Waals surface area contributed by atoms with E-state index in [-0.39, 0.29) is 11.4 Å². The van der Waals surface area contributed by atoms with E-state index < -0.39 is 16.1 Å². The van der Waals surface area contributed by atoms with Crippen molar-refractivity contribution >= 4 is 22.7 Å². The number of non-ortho nitro benzene ring substituents is 1. The molecule has 0 aliphatic carbocycles. The van der Waals surface area contributed by atoms with Gasteiger partial charge in [0.1, 0.15) is 0 Å². The summed E-state index contributed by atoms with van der Waals surface area (Å²) in [6.45, 7) is 0. The third-order valence-electron chi connectivity index (χ3n) is 1.34. The van der Waals surface area contributed by atoms with Crippen LogP contribution in [0.4, 0.5) is 10.5 Å². The fraction of sp³-hybridized carbons (Fsp3) is 0. The SMILES string of the molecule is O=C(Cl)Oc1cc([N+](=O)[O-])ccc1O. The number of carbonyl (C=O) groups is 1. The van der Waals surface area contributed by atoms with Crippen LogP contribution in [0.5, 0.6) is 11.5 Å². The highest BCUT2D eigenvalue weighted by molar-refractivity contribution is 6.61. The molecular formula is C7H4ClNO5. The number of rotatable bonds is 2. The number of aromatic hydroxyl groups is 1. The molecule has 0 saturated heterocycles. The van der Waals surface area contributed by atoms with Crippen LogP contribution in [0.15, 0.2) is 18.2 Å². The molecule has 0 bridgehead atoms. The van der Waals surface area contributed by atoms with Crippen molar-refractivity contribution in [2.45, 2.75) is 0 Å². The fourth-order valence-corrected chi connectivity index (χ4v) is 0.868. The van der Waals surface area contributed by atoms with Gasteiger partial charge < -0.3 is 9.84 Å². The molecule has 1 aromatic rings.